The third kappa shape index (κ3) is 4.93. The van der Waals surface area contributed by atoms with E-state index < -0.39 is 0 Å². The number of carbonyl (C=O) groups excluding carboxylic acids is 1. The number of halogens is 1. The smallest absolute Gasteiger partial charge is 0.275 e. The lowest BCUT2D eigenvalue weighted by Gasteiger charge is -2.21. The molecule has 0 aliphatic carbocycles. The van der Waals surface area contributed by atoms with Crippen LogP contribution in [0.15, 0.2) is 24.3 Å². The Morgan fingerprint density at radius 3 is 2.71 bits per heavy atom. The molecule has 130 valence electrons. The summed E-state index contributed by atoms with van der Waals surface area (Å²) in [6, 6.07) is 5.97. The van der Waals surface area contributed by atoms with Gasteiger partial charge >= 0.3 is 0 Å². The molecule has 2 aromatic rings. The molecule has 1 unspecified atom stereocenters. The van der Waals surface area contributed by atoms with E-state index in [-0.39, 0.29) is 23.8 Å². The Kier molecular flexibility index (Phi) is 5.45. The summed E-state index contributed by atoms with van der Waals surface area (Å²) >= 11 is 5.33. The number of nitrogens with one attached hydrogen (secondary N) is 2. The van der Waals surface area contributed by atoms with Crippen molar-refractivity contribution in [3.63, 3.8) is 0 Å². The minimum atomic E-state index is -0.370. The lowest BCUT2D eigenvalue weighted by molar-refractivity contribution is -0.895. The molecule has 24 heavy (non-hydrogen) atoms. The monoisotopic (exact) mass is 353 g/mol. The Bertz CT molecular complexity index is 779. The number of aromatic nitrogens is 4. The van der Waals surface area contributed by atoms with Gasteiger partial charge in [0.2, 0.25) is 4.77 Å². The number of amides is 1. The minimum absolute atomic E-state index is 0.0518. The number of quaternary nitrogens is 1. The van der Waals surface area contributed by atoms with Crippen molar-refractivity contribution in [3.8, 4) is 5.69 Å². The number of carbonyl (C=O) groups is 1. The highest BCUT2D eigenvalue weighted by molar-refractivity contribution is 7.71. The van der Waals surface area contributed by atoms with Crippen LogP contribution in [0, 0.1) is 10.6 Å². The van der Waals surface area contributed by atoms with E-state index in [0.29, 0.717) is 17.1 Å². The van der Waals surface area contributed by atoms with E-state index >= 15 is 0 Å². The SMILES string of the molecule is C[NH+](CC(=O)NC(C)(C)C)Cn1nnn(-c2cccc(F)c2)c1=S. The van der Waals surface area contributed by atoms with Gasteiger partial charge in [-0.15, -0.1) is 0 Å². The number of hydrogen-bond acceptors (Lipinski definition) is 4. The van der Waals surface area contributed by atoms with Crippen LogP contribution in [0.4, 0.5) is 4.39 Å². The number of benzene rings is 1. The molecule has 0 spiro atoms. The van der Waals surface area contributed by atoms with Gasteiger partial charge < -0.3 is 10.2 Å². The van der Waals surface area contributed by atoms with Gasteiger partial charge in [-0.25, -0.2) is 4.39 Å². The Morgan fingerprint density at radius 2 is 2.08 bits per heavy atom. The van der Waals surface area contributed by atoms with E-state index in [4.69, 9.17) is 12.2 Å². The van der Waals surface area contributed by atoms with Crippen LogP contribution < -0.4 is 10.2 Å². The summed E-state index contributed by atoms with van der Waals surface area (Å²) in [4.78, 5) is 12.9. The number of rotatable bonds is 5. The minimum Gasteiger partial charge on any atom is -0.347 e. The topological polar surface area (TPSA) is 69.2 Å². The first kappa shape index (κ1) is 18.2. The molecule has 2 rings (SSSR count). The Morgan fingerprint density at radius 1 is 1.38 bits per heavy atom. The van der Waals surface area contributed by atoms with Crippen LogP contribution in [0.25, 0.3) is 5.69 Å². The van der Waals surface area contributed by atoms with Crippen molar-refractivity contribution in [2.75, 3.05) is 13.6 Å². The van der Waals surface area contributed by atoms with Crippen LogP contribution in [0.3, 0.4) is 0 Å². The van der Waals surface area contributed by atoms with Crippen LogP contribution in [0.2, 0.25) is 0 Å². The first-order chi connectivity index (χ1) is 11.2. The fourth-order valence-electron chi connectivity index (χ4n) is 2.19. The van der Waals surface area contributed by atoms with Crippen LogP contribution in [0.1, 0.15) is 20.8 Å². The lowest BCUT2D eigenvalue weighted by Crippen LogP contribution is -3.09. The highest BCUT2D eigenvalue weighted by atomic mass is 32.1. The predicted molar refractivity (Wildman–Crippen MR) is 89.8 cm³/mol. The maximum atomic E-state index is 13.3. The molecule has 0 bridgehead atoms. The highest BCUT2D eigenvalue weighted by Gasteiger charge is 2.18. The Labute approximate surface area is 145 Å². The van der Waals surface area contributed by atoms with Crippen molar-refractivity contribution >= 4 is 18.1 Å². The van der Waals surface area contributed by atoms with Gasteiger partial charge in [-0.05, 0) is 61.6 Å². The molecular weight excluding hydrogens is 331 g/mol. The first-order valence-corrected chi connectivity index (χ1v) is 7.97. The predicted octanol–water partition coefficient (Wildman–Crippen LogP) is 0.324. The summed E-state index contributed by atoms with van der Waals surface area (Å²) in [6.45, 7) is 6.46. The third-order valence-corrected chi connectivity index (χ3v) is 3.47. The zero-order chi connectivity index (χ0) is 17.9. The summed E-state index contributed by atoms with van der Waals surface area (Å²) in [7, 11) is 1.87. The summed E-state index contributed by atoms with van der Waals surface area (Å²) in [5, 5.41) is 10.9. The molecule has 1 aromatic carbocycles. The molecule has 0 aliphatic heterocycles. The van der Waals surface area contributed by atoms with Crippen molar-refractivity contribution in [2.45, 2.75) is 33.0 Å². The second kappa shape index (κ2) is 7.18. The standard InChI is InChI=1S/C15H21FN6OS/c1-15(2,3)17-13(23)9-20(4)10-21-14(24)22(19-18-21)12-7-5-6-11(16)8-12/h5-8H,9-10H2,1-4H3,(H,17,23)/p+1. The molecule has 0 saturated carbocycles. The van der Waals surface area contributed by atoms with Gasteiger partial charge in [0.1, 0.15) is 5.82 Å². The lowest BCUT2D eigenvalue weighted by atomic mass is 10.1. The molecule has 7 nitrogen and oxygen atoms in total. The van der Waals surface area contributed by atoms with E-state index in [1.54, 1.807) is 12.1 Å². The van der Waals surface area contributed by atoms with Gasteiger partial charge in [0.15, 0.2) is 13.2 Å². The fraction of sp³-hybridized carbons (Fsp3) is 0.467. The molecule has 1 amide bonds. The van der Waals surface area contributed by atoms with Crippen molar-refractivity contribution < 1.29 is 14.1 Å². The molecule has 0 radical (unpaired) electrons. The molecule has 0 aliphatic rings. The van der Waals surface area contributed by atoms with Crippen LogP contribution in [-0.4, -0.2) is 44.8 Å². The average molecular weight is 353 g/mol. The molecule has 1 atom stereocenters. The first-order valence-electron chi connectivity index (χ1n) is 7.57. The van der Waals surface area contributed by atoms with E-state index in [1.807, 2.05) is 27.8 Å². The summed E-state index contributed by atoms with van der Waals surface area (Å²) in [5.41, 5.74) is 0.239. The number of likely N-dealkylation sites (N-methyl/N-ethyl adjacent to an activating group) is 1. The maximum absolute atomic E-state index is 13.3. The summed E-state index contributed by atoms with van der Waals surface area (Å²) < 4.78 is 16.6. The molecule has 1 aromatic heterocycles. The van der Waals surface area contributed by atoms with Crippen molar-refractivity contribution in [1.82, 2.24) is 25.1 Å². The van der Waals surface area contributed by atoms with Crippen LogP contribution in [0.5, 0.6) is 0 Å². The van der Waals surface area contributed by atoms with Crippen molar-refractivity contribution in [2.24, 2.45) is 0 Å². The molecule has 0 fully saturated rings. The second-order valence-corrected chi connectivity index (χ2v) is 7.11. The Hall–Kier alpha value is -2.13. The molecule has 9 heteroatoms. The number of tetrazole rings is 1. The van der Waals surface area contributed by atoms with Crippen molar-refractivity contribution in [3.05, 3.63) is 34.9 Å². The zero-order valence-electron chi connectivity index (χ0n) is 14.2. The zero-order valence-corrected chi connectivity index (χ0v) is 15.0. The van der Waals surface area contributed by atoms with E-state index in [0.717, 1.165) is 4.90 Å². The van der Waals surface area contributed by atoms with E-state index in [1.165, 1.54) is 21.5 Å². The van der Waals surface area contributed by atoms with Gasteiger partial charge in [-0.2, -0.15) is 9.36 Å². The van der Waals surface area contributed by atoms with Crippen molar-refractivity contribution in [1.29, 1.82) is 0 Å². The molecule has 0 saturated heterocycles. The third-order valence-electron chi connectivity index (χ3n) is 3.09. The van der Waals surface area contributed by atoms with E-state index in [2.05, 4.69) is 15.7 Å². The Balaban J connectivity index is 2.06. The van der Waals surface area contributed by atoms with E-state index in [9.17, 15) is 9.18 Å². The molecule has 1 heterocycles. The molecule has 2 N–H and O–H groups in total. The van der Waals surface area contributed by atoms with Gasteiger partial charge in [-0.1, -0.05) is 6.07 Å². The molecular formula is C15H22FN6OS+. The average Bonchev–Trinajstić information content (AvgIpc) is 2.77. The van der Waals surface area contributed by atoms with Gasteiger partial charge in [-0.3, -0.25) is 4.79 Å². The normalized spacial score (nSPS) is 12.9. The highest BCUT2D eigenvalue weighted by Crippen LogP contribution is 2.08. The van der Waals surface area contributed by atoms with Gasteiger partial charge in [0.05, 0.1) is 12.7 Å². The fourth-order valence-corrected chi connectivity index (χ4v) is 2.43. The van der Waals surface area contributed by atoms with Crippen LogP contribution >= 0.6 is 12.2 Å². The quantitative estimate of drug-likeness (QED) is 0.760. The number of hydrogen-bond donors (Lipinski definition) is 2. The van der Waals surface area contributed by atoms with Crippen LogP contribution in [-0.2, 0) is 11.5 Å². The largest absolute Gasteiger partial charge is 0.347 e. The maximum Gasteiger partial charge on any atom is 0.275 e. The summed E-state index contributed by atoms with van der Waals surface area (Å²) in [5.74, 6) is -0.422. The number of nitrogens with zero attached hydrogens (tertiary/aromatic N) is 4. The summed E-state index contributed by atoms with van der Waals surface area (Å²) in [6.07, 6.45) is 0. The van der Waals surface area contributed by atoms with Gasteiger partial charge in [0, 0.05) is 5.54 Å². The van der Waals surface area contributed by atoms with Gasteiger partial charge in [0.25, 0.3) is 5.91 Å². The second-order valence-electron chi connectivity index (χ2n) is 6.74.